The van der Waals surface area contributed by atoms with E-state index in [1.807, 2.05) is 27.7 Å². The fourth-order valence-electron chi connectivity index (χ4n) is 0.532. The summed E-state index contributed by atoms with van der Waals surface area (Å²) in [5.41, 5.74) is -0.377. The molecule has 4 nitrogen and oxygen atoms in total. The molecule has 0 fully saturated rings. The molecule has 0 aliphatic carbocycles. The van der Waals surface area contributed by atoms with Gasteiger partial charge >= 0.3 is 11.9 Å². The van der Waals surface area contributed by atoms with Gasteiger partial charge in [0.05, 0.1) is 0 Å². The van der Waals surface area contributed by atoms with E-state index in [1.165, 1.54) is 0 Å². The second-order valence-corrected chi connectivity index (χ2v) is 5.26. The van der Waals surface area contributed by atoms with E-state index in [2.05, 4.69) is 15.9 Å². The summed E-state index contributed by atoms with van der Waals surface area (Å²) in [7, 11) is 0. The maximum Gasteiger partial charge on any atom is 0.320 e. The highest BCUT2D eigenvalue weighted by molar-refractivity contribution is 9.10. The van der Waals surface area contributed by atoms with Crippen LogP contribution in [-0.2, 0) is 14.3 Å². The molecule has 0 spiro atoms. The number of hydrogen-bond donors (Lipinski definition) is 1. The van der Waals surface area contributed by atoms with Gasteiger partial charge in [0.2, 0.25) is 0 Å². The average molecular weight is 297 g/mol. The number of carboxylic acid groups (broad SMARTS) is 1. The summed E-state index contributed by atoms with van der Waals surface area (Å²) in [6.45, 7) is 9.12. The van der Waals surface area contributed by atoms with Crippen molar-refractivity contribution in [1.29, 1.82) is 0 Å². The summed E-state index contributed by atoms with van der Waals surface area (Å²) in [4.78, 5) is 20.3. The second-order valence-electron chi connectivity index (χ2n) is 4.16. The minimum Gasteiger partial charge on any atom is -0.481 e. The van der Waals surface area contributed by atoms with Crippen molar-refractivity contribution >= 4 is 27.9 Å². The largest absolute Gasteiger partial charge is 0.481 e. The molecule has 0 aromatic rings. The molecule has 0 heterocycles. The Kier molecular flexibility index (Phi) is 9.52. The fraction of sp³-hybridized carbons (Fsp3) is 0.818. The van der Waals surface area contributed by atoms with Gasteiger partial charge in [-0.25, -0.2) is 0 Å². The maximum absolute atomic E-state index is 11.1. The van der Waals surface area contributed by atoms with Gasteiger partial charge in [-0.15, -0.1) is 0 Å². The number of carbonyl (C=O) groups excluding carboxylic acids is 1. The fourth-order valence-corrected chi connectivity index (χ4v) is 0.626. The summed E-state index contributed by atoms with van der Waals surface area (Å²) in [5, 5.41) is 7.72. The topological polar surface area (TPSA) is 63.6 Å². The molecule has 0 radical (unpaired) electrons. The lowest BCUT2D eigenvalue weighted by molar-refractivity contribution is -0.154. The third-order valence-corrected chi connectivity index (χ3v) is 2.34. The molecule has 96 valence electrons. The molecule has 1 unspecified atom stereocenters. The Balaban J connectivity index is 0. The van der Waals surface area contributed by atoms with Crippen molar-refractivity contribution in [3.8, 4) is 0 Å². The van der Waals surface area contributed by atoms with Gasteiger partial charge in [0.1, 0.15) is 10.4 Å². The van der Waals surface area contributed by atoms with E-state index < -0.39 is 5.97 Å². The quantitative estimate of drug-likeness (QED) is 0.642. The van der Waals surface area contributed by atoms with E-state index in [0.717, 1.165) is 6.42 Å². The Morgan fingerprint density at radius 3 is 1.88 bits per heavy atom. The number of alkyl halides is 1. The molecule has 5 heteroatoms. The lowest BCUT2D eigenvalue weighted by Gasteiger charge is -2.20. The van der Waals surface area contributed by atoms with Gasteiger partial charge in [0, 0.05) is 6.42 Å². The van der Waals surface area contributed by atoms with Crippen molar-refractivity contribution < 1.29 is 19.4 Å². The summed E-state index contributed by atoms with van der Waals surface area (Å²) in [6.07, 6.45) is 0.981. The molecule has 0 aliphatic rings. The third-order valence-electron chi connectivity index (χ3n) is 1.32. The van der Waals surface area contributed by atoms with Gasteiger partial charge < -0.3 is 9.84 Å². The first-order valence-electron chi connectivity index (χ1n) is 5.22. The van der Waals surface area contributed by atoms with E-state index in [9.17, 15) is 9.59 Å². The smallest absolute Gasteiger partial charge is 0.320 e. The van der Waals surface area contributed by atoms with Crippen molar-refractivity contribution in [2.45, 2.75) is 57.9 Å². The normalized spacial score (nSPS) is 12.1. The Hall–Kier alpha value is -0.580. The molecule has 1 N–H and O–H groups in total. The molecule has 0 amide bonds. The van der Waals surface area contributed by atoms with Crippen LogP contribution < -0.4 is 0 Å². The van der Waals surface area contributed by atoms with E-state index >= 15 is 0 Å². The van der Waals surface area contributed by atoms with E-state index in [-0.39, 0.29) is 22.8 Å². The van der Waals surface area contributed by atoms with Crippen molar-refractivity contribution in [1.82, 2.24) is 0 Å². The Morgan fingerprint density at radius 2 is 1.69 bits per heavy atom. The molecule has 0 rings (SSSR count). The molecular formula is C11H21BrO4. The zero-order valence-electron chi connectivity index (χ0n) is 10.5. The van der Waals surface area contributed by atoms with Gasteiger partial charge in [-0.05, 0) is 27.2 Å². The second kappa shape index (κ2) is 8.56. The SMILES string of the molecule is CCC(=O)O.CCC(Br)C(=O)OC(C)(C)C. The number of rotatable bonds is 3. The van der Waals surface area contributed by atoms with Crippen LogP contribution in [0, 0.1) is 0 Å². The van der Waals surface area contributed by atoms with Crippen molar-refractivity contribution in [3.05, 3.63) is 0 Å². The van der Waals surface area contributed by atoms with Gasteiger partial charge in [0.15, 0.2) is 0 Å². The zero-order valence-corrected chi connectivity index (χ0v) is 12.1. The van der Waals surface area contributed by atoms with Gasteiger partial charge in [0.25, 0.3) is 0 Å². The first-order valence-corrected chi connectivity index (χ1v) is 6.14. The summed E-state index contributed by atoms with van der Waals surface area (Å²) in [6, 6.07) is 0. The third kappa shape index (κ3) is 13.4. The van der Waals surface area contributed by atoms with Gasteiger partial charge in [-0.3, -0.25) is 9.59 Å². The van der Waals surface area contributed by atoms with Crippen LogP contribution in [0.1, 0.15) is 47.5 Å². The van der Waals surface area contributed by atoms with Crippen molar-refractivity contribution in [3.63, 3.8) is 0 Å². The number of aliphatic carboxylic acids is 1. The van der Waals surface area contributed by atoms with Crippen LogP contribution in [-0.4, -0.2) is 27.5 Å². The molecule has 0 aliphatic heterocycles. The zero-order chi connectivity index (χ0) is 13.4. The average Bonchev–Trinajstić information content (AvgIpc) is 2.14. The predicted molar refractivity (Wildman–Crippen MR) is 66.8 cm³/mol. The van der Waals surface area contributed by atoms with Crippen molar-refractivity contribution in [2.24, 2.45) is 0 Å². The molecular weight excluding hydrogens is 276 g/mol. The van der Waals surface area contributed by atoms with E-state index in [1.54, 1.807) is 6.92 Å². The minimum absolute atomic E-state index is 0.165. The predicted octanol–water partition coefficient (Wildman–Crippen LogP) is 2.98. The van der Waals surface area contributed by atoms with Crippen molar-refractivity contribution in [2.75, 3.05) is 0 Å². The number of esters is 1. The maximum atomic E-state index is 11.1. The summed E-state index contributed by atoms with van der Waals surface area (Å²) in [5.74, 6) is -0.926. The molecule has 0 saturated carbocycles. The molecule has 0 saturated heterocycles. The minimum atomic E-state index is -0.745. The molecule has 0 aromatic heterocycles. The van der Waals surface area contributed by atoms with Crippen LogP contribution in [0.5, 0.6) is 0 Å². The van der Waals surface area contributed by atoms with Crippen LogP contribution in [0.2, 0.25) is 0 Å². The number of halogens is 1. The first-order chi connectivity index (χ1) is 7.14. The Labute approximate surface area is 105 Å². The van der Waals surface area contributed by atoms with Crippen LogP contribution in [0.3, 0.4) is 0 Å². The number of ether oxygens (including phenoxy) is 1. The van der Waals surface area contributed by atoms with Crippen LogP contribution in [0.25, 0.3) is 0 Å². The van der Waals surface area contributed by atoms with Crippen LogP contribution in [0.15, 0.2) is 0 Å². The van der Waals surface area contributed by atoms with Crippen LogP contribution >= 0.6 is 15.9 Å². The lowest BCUT2D eigenvalue weighted by Crippen LogP contribution is -2.28. The van der Waals surface area contributed by atoms with Crippen LogP contribution in [0.4, 0.5) is 0 Å². The number of carboxylic acids is 1. The van der Waals surface area contributed by atoms with E-state index in [4.69, 9.17) is 9.84 Å². The molecule has 0 aromatic carbocycles. The highest BCUT2D eigenvalue weighted by Gasteiger charge is 2.21. The first kappa shape index (κ1) is 17.8. The molecule has 16 heavy (non-hydrogen) atoms. The highest BCUT2D eigenvalue weighted by Crippen LogP contribution is 2.13. The monoisotopic (exact) mass is 296 g/mol. The number of carbonyl (C=O) groups is 2. The van der Waals surface area contributed by atoms with Gasteiger partial charge in [-0.1, -0.05) is 29.8 Å². The van der Waals surface area contributed by atoms with Gasteiger partial charge in [-0.2, -0.15) is 0 Å². The Morgan fingerprint density at radius 1 is 1.31 bits per heavy atom. The summed E-state index contributed by atoms with van der Waals surface area (Å²) >= 11 is 3.22. The summed E-state index contributed by atoms with van der Waals surface area (Å²) < 4.78 is 5.10. The molecule has 0 bridgehead atoms. The highest BCUT2D eigenvalue weighted by atomic mass is 79.9. The number of hydrogen-bond acceptors (Lipinski definition) is 3. The van der Waals surface area contributed by atoms with E-state index in [0.29, 0.717) is 0 Å². The standard InChI is InChI=1S/C8H15BrO2.C3H6O2/c1-5-6(9)7(10)11-8(2,3)4;1-2-3(4)5/h6H,5H2,1-4H3;2H2,1H3,(H,4,5). The Bertz CT molecular complexity index is 221. The molecule has 1 atom stereocenters. The lowest BCUT2D eigenvalue weighted by atomic mass is 10.2.